The SMILES string of the molecule is CN1C[C@@H](NS(=O)(=O)CC2CCCC2)CC[C@@H](C(=O)NCc2ccsc2)C1. The van der Waals surface area contributed by atoms with Gasteiger partial charge in [0.2, 0.25) is 15.9 Å². The molecule has 0 spiro atoms. The Bertz CT molecular complexity index is 700. The van der Waals surface area contributed by atoms with Crippen LogP contribution in [0.1, 0.15) is 44.1 Å². The van der Waals surface area contributed by atoms with Gasteiger partial charge in [0.25, 0.3) is 0 Å². The fourth-order valence-corrected chi connectivity index (χ4v) is 6.66. The second kappa shape index (κ2) is 9.49. The first kappa shape index (κ1) is 20.8. The van der Waals surface area contributed by atoms with Crippen LogP contribution >= 0.6 is 11.3 Å². The molecule has 27 heavy (non-hydrogen) atoms. The maximum Gasteiger partial charge on any atom is 0.224 e. The number of thiophene rings is 1. The molecule has 2 aliphatic rings. The van der Waals surface area contributed by atoms with Crippen LogP contribution in [0.3, 0.4) is 0 Å². The van der Waals surface area contributed by atoms with Gasteiger partial charge in [-0.3, -0.25) is 4.79 Å². The number of hydrogen-bond donors (Lipinski definition) is 2. The van der Waals surface area contributed by atoms with E-state index in [0.29, 0.717) is 38.4 Å². The number of nitrogens with zero attached hydrogens (tertiary/aromatic N) is 1. The molecule has 3 rings (SSSR count). The summed E-state index contributed by atoms with van der Waals surface area (Å²) in [5, 5.41) is 7.06. The first-order chi connectivity index (χ1) is 12.9. The van der Waals surface area contributed by atoms with E-state index in [9.17, 15) is 13.2 Å². The summed E-state index contributed by atoms with van der Waals surface area (Å²) in [6, 6.07) is 1.90. The van der Waals surface area contributed by atoms with E-state index in [0.717, 1.165) is 31.2 Å². The second-order valence-electron chi connectivity index (χ2n) is 8.09. The quantitative estimate of drug-likeness (QED) is 0.718. The molecular weight excluding hydrogens is 382 g/mol. The van der Waals surface area contributed by atoms with E-state index in [2.05, 4.69) is 14.9 Å². The molecule has 2 fully saturated rings. The molecule has 1 saturated carbocycles. The third-order valence-electron chi connectivity index (χ3n) is 5.62. The lowest BCUT2D eigenvalue weighted by molar-refractivity contribution is -0.125. The Labute approximate surface area is 166 Å². The zero-order valence-corrected chi connectivity index (χ0v) is 17.7. The Morgan fingerprint density at radius 3 is 2.70 bits per heavy atom. The molecule has 1 aromatic heterocycles. The molecule has 2 atom stereocenters. The minimum atomic E-state index is -3.26. The predicted octanol–water partition coefficient (Wildman–Crippen LogP) is 2.18. The van der Waals surface area contributed by atoms with Gasteiger partial charge < -0.3 is 10.2 Å². The van der Waals surface area contributed by atoms with E-state index < -0.39 is 10.0 Å². The normalized spacial score (nSPS) is 25.4. The number of likely N-dealkylation sites (tertiary alicyclic amines) is 1. The molecule has 0 unspecified atom stereocenters. The topological polar surface area (TPSA) is 78.5 Å². The molecule has 1 aromatic rings. The van der Waals surface area contributed by atoms with Crippen LogP contribution in [0.25, 0.3) is 0 Å². The summed E-state index contributed by atoms with van der Waals surface area (Å²) in [5.74, 6) is 0.514. The smallest absolute Gasteiger partial charge is 0.224 e. The Kier molecular flexibility index (Phi) is 7.30. The zero-order chi connectivity index (χ0) is 19.3. The molecule has 0 radical (unpaired) electrons. The van der Waals surface area contributed by atoms with E-state index in [4.69, 9.17) is 0 Å². The van der Waals surface area contributed by atoms with Crippen LogP contribution in [-0.2, 0) is 21.4 Å². The average molecular weight is 414 g/mol. The Balaban J connectivity index is 1.49. The molecule has 152 valence electrons. The van der Waals surface area contributed by atoms with Crippen LogP contribution in [0, 0.1) is 11.8 Å². The van der Waals surface area contributed by atoms with Crippen molar-refractivity contribution in [3.05, 3.63) is 22.4 Å². The van der Waals surface area contributed by atoms with Gasteiger partial charge in [0, 0.05) is 25.7 Å². The van der Waals surface area contributed by atoms with Gasteiger partial charge in [-0.2, -0.15) is 11.3 Å². The summed E-state index contributed by atoms with van der Waals surface area (Å²) in [5.41, 5.74) is 1.12. The number of nitrogens with one attached hydrogen (secondary N) is 2. The molecule has 2 heterocycles. The average Bonchev–Trinajstić information content (AvgIpc) is 3.26. The van der Waals surface area contributed by atoms with Gasteiger partial charge in [-0.25, -0.2) is 13.1 Å². The Morgan fingerprint density at radius 2 is 2.00 bits per heavy atom. The molecule has 2 N–H and O–H groups in total. The first-order valence-electron chi connectivity index (χ1n) is 9.88. The first-order valence-corrected chi connectivity index (χ1v) is 12.5. The van der Waals surface area contributed by atoms with Gasteiger partial charge >= 0.3 is 0 Å². The van der Waals surface area contributed by atoms with Gasteiger partial charge in [-0.05, 0) is 61.0 Å². The van der Waals surface area contributed by atoms with Gasteiger partial charge in [-0.15, -0.1) is 0 Å². The molecular formula is C19H31N3O3S2. The number of hydrogen-bond acceptors (Lipinski definition) is 5. The van der Waals surface area contributed by atoms with Crippen LogP contribution in [0.5, 0.6) is 0 Å². The van der Waals surface area contributed by atoms with E-state index >= 15 is 0 Å². The van der Waals surface area contributed by atoms with Crippen molar-refractivity contribution in [3.8, 4) is 0 Å². The molecule has 1 amide bonds. The second-order valence-corrected chi connectivity index (χ2v) is 10.7. The predicted molar refractivity (Wildman–Crippen MR) is 109 cm³/mol. The summed E-state index contributed by atoms with van der Waals surface area (Å²) in [6.07, 6.45) is 5.75. The van der Waals surface area contributed by atoms with Crippen molar-refractivity contribution in [2.75, 3.05) is 25.9 Å². The number of likely N-dealkylation sites (N-methyl/N-ethyl adjacent to an activating group) is 1. The van der Waals surface area contributed by atoms with Crippen LogP contribution in [0.2, 0.25) is 0 Å². The molecule has 0 aromatic carbocycles. The van der Waals surface area contributed by atoms with Crippen molar-refractivity contribution in [1.82, 2.24) is 14.9 Å². The molecule has 0 bridgehead atoms. The third-order valence-corrected chi connectivity index (χ3v) is 7.96. The van der Waals surface area contributed by atoms with Crippen LogP contribution in [-0.4, -0.2) is 51.2 Å². The lowest BCUT2D eigenvalue weighted by atomic mass is 10.0. The summed E-state index contributed by atoms with van der Waals surface area (Å²) in [4.78, 5) is 14.6. The van der Waals surface area contributed by atoms with E-state index in [1.165, 1.54) is 0 Å². The molecule has 1 aliphatic carbocycles. The van der Waals surface area contributed by atoms with Gasteiger partial charge in [-0.1, -0.05) is 12.8 Å². The molecule has 8 heteroatoms. The number of carbonyl (C=O) groups excluding carboxylic acids is 1. The summed E-state index contributed by atoms with van der Waals surface area (Å²) < 4.78 is 27.9. The van der Waals surface area contributed by atoms with Gasteiger partial charge in [0.05, 0.1) is 11.7 Å². The summed E-state index contributed by atoms with van der Waals surface area (Å²) in [7, 11) is -1.30. The number of sulfonamides is 1. The maximum absolute atomic E-state index is 12.5. The zero-order valence-electron chi connectivity index (χ0n) is 16.0. The lowest BCUT2D eigenvalue weighted by Gasteiger charge is -2.22. The standard InChI is InChI=1S/C19H31N3O3S2/c1-22-11-17(19(23)20-10-16-8-9-26-13-16)6-7-18(12-22)21-27(24,25)14-15-4-2-3-5-15/h8-9,13,15,17-18,21H,2-7,10-12,14H2,1H3,(H,20,23)/t17-,18+/m1/s1. The van der Waals surface area contributed by atoms with E-state index in [1.807, 2.05) is 23.9 Å². The fourth-order valence-electron chi connectivity index (χ4n) is 4.24. The largest absolute Gasteiger partial charge is 0.352 e. The highest BCUT2D eigenvalue weighted by Gasteiger charge is 2.30. The fraction of sp³-hybridized carbons (Fsp3) is 0.737. The van der Waals surface area contributed by atoms with Crippen molar-refractivity contribution in [2.45, 2.75) is 51.1 Å². The summed E-state index contributed by atoms with van der Waals surface area (Å²) in [6.45, 7) is 1.87. The highest BCUT2D eigenvalue weighted by molar-refractivity contribution is 7.89. The van der Waals surface area contributed by atoms with Crippen molar-refractivity contribution in [1.29, 1.82) is 0 Å². The Morgan fingerprint density at radius 1 is 1.22 bits per heavy atom. The van der Waals surface area contributed by atoms with E-state index in [1.54, 1.807) is 11.3 Å². The van der Waals surface area contributed by atoms with E-state index in [-0.39, 0.29) is 23.6 Å². The number of carbonyl (C=O) groups is 1. The molecule has 1 saturated heterocycles. The highest BCUT2D eigenvalue weighted by atomic mass is 32.2. The number of amides is 1. The summed E-state index contributed by atoms with van der Waals surface area (Å²) >= 11 is 1.62. The van der Waals surface area contributed by atoms with Gasteiger partial charge in [0.15, 0.2) is 0 Å². The monoisotopic (exact) mass is 413 g/mol. The van der Waals surface area contributed by atoms with Crippen LogP contribution in [0.15, 0.2) is 16.8 Å². The third kappa shape index (κ3) is 6.55. The van der Waals surface area contributed by atoms with Crippen LogP contribution < -0.4 is 10.0 Å². The minimum absolute atomic E-state index is 0.0579. The molecule has 6 nitrogen and oxygen atoms in total. The van der Waals surface area contributed by atoms with Crippen molar-refractivity contribution in [3.63, 3.8) is 0 Å². The lowest BCUT2D eigenvalue weighted by Crippen LogP contribution is -2.43. The molecule has 1 aliphatic heterocycles. The Hall–Kier alpha value is -0.960. The maximum atomic E-state index is 12.5. The van der Waals surface area contributed by atoms with Crippen LogP contribution in [0.4, 0.5) is 0 Å². The van der Waals surface area contributed by atoms with Crippen molar-refractivity contribution >= 4 is 27.3 Å². The highest BCUT2D eigenvalue weighted by Crippen LogP contribution is 2.26. The number of rotatable bonds is 7. The minimum Gasteiger partial charge on any atom is -0.352 e. The van der Waals surface area contributed by atoms with Crippen molar-refractivity contribution in [2.24, 2.45) is 11.8 Å². The van der Waals surface area contributed by atoms with Crippen molar-refractivity contribution < 1.29 is 13.2 Å². The van der Waals surface area contributed by atoms with Gasteiger partial charge in [0.1, 0.15) is 0 Å².